The average Bonchev–Trinajstić information content (AvgIpc) is 2.44. The highest BCUT2D eigenvalue weighted by Gasteiger charge is 2.17. The van der Waals surface area contributed by atoms with Crippen LogP contribution < -0.4 is 5.32 Å². The van der Waals surface area contributed by atoms with E-state index in [-0.39, 0.29) is 17.2 Å². The van der Waals surface area contributed by atoms with Crippen LogP contribution >= 0.6 is 0 Å². The Hall–Kier alpha value is -2.55. The molecule has 0 saturated heterocycles. The first-order chi connectivity index (χ1) is 9.49. The molecule has 2 amide bonds. The van der Waals surface area contributed by atoms with Crippen LogP contribution in [-0.2, 0) is 0 Å². The van der Waals surface area contributed by atoms with E-state index in [1.54, 1.807) is 26.0 Å². The number of benzene rings is 1. The van der Waals surface area contributed by atoms with Gasteiger partial charge in [0.25, 0.3) is 0 Å². The zero-order valence-electron chi connectivity index (χ0n) is 11.5. The van der Waals surface area contributed by atoms with Gasteiger partial charge in [0.2, 0.25) is 0 Å². The van der Waals surface area contributed by atoms with Crippen molar-refractivity contribution in [2.24, 2.45) is 5.92 Å². The van der Waals surface area contributed by atoms with Gasteiger partial charge in [-0.3, -0.25) is 0 Å². The van der Waals surface area contributed by atoms with Gasteiger partial charge in [-0.25, -0.2) is 9.59 Å². The lowest BCUT2D eigenvalue weighted by molar-refractivity contribution is 0.0698. The maximum atomic E-state index is 12.1. The van der Waals surface area contributed by atoms with Gasteiger partial charge < -0.3 is 15.3 Å². The van der Waals surface area contributed by atoms with Crippen molar-refractivity contribution < 1.29 is 14.7 Å². The first-order valence-corrected chi connectivity index (χ1v) is 6.27. The number of nitrogens with zero attached hydrogens (tertiary/aromatic N) is 2. The first-order valence-electron chi connectivity index (χ1n) is 6.27. The molecule has 106 valence electrons. The second kappa shape index (κ2) is 7.14. The average molecular weight is 275 g/mol. The maximum Gasteiger partial charge on any atom is 0.337 e. The zero-order chi connectivity index (χ0) is 15.1. The number of para-hydroxylation sites is 1. The lowest BCUT2D eigenvalue weighted by atomic mass is 10.2. The quantitative estimate of drug-likeness (QED) is 0.862. The van der Waals surface area contributed by atoms with Gasteiger partial charge in [0, 0.05) is 13.1 Å². The Morgan fingerprint density at radius 3 is 2.65 bits per heavy atom. The monoisotopic (exact) mass is 275 g/mol. The number of carboxylic acids is 1. The summed E-state index contributed by atoms with van der Waals surface area (Å²) < 4.78 is 0. The van der Waals surface area contributed by atoms with Gasteiger partial charge in [-0.2, -0.15) is 5.26 Å². The Kier molecular flexibility index (Phi) is 5.54. The molecule has 0 aliphatic rings. The second-order valence-corrected chi connectivity index (χ2v) is 4.35. The number of urea groups is 1. The van der Waals surface area contributed by atoms with Crippen LogP contribution in [0.25, 0.3) is 0 Å². The van der Waals surface area contributed by atoms with Crippen molar-refractivity contribution in [3.8, 4) is 6.07 Å². The molecule has 1 aromatic rings. The molecule has 1 aromatic carbocycles. The van der Waals surface area contributed by atoms with E-state index in [1.807, 2.05) is 0 Å². The van der Waals surface area contributed by atoms with Crippen molar-refractivity contribution in [1.82, 2.24) is 4.90 Å². The van der Waals surface area contributed by atoms with Crippen molar-refractivity contribution in [2.75, 3.05) is 18.4 Å². The van der Waals surface area contributed by atoms with Crippen molar-refractivity contribution >= 4 is 17.7 Å². The summed E-state index contributed by atoms with van der Waals surface area (Å²) in [6.45, 7) is 4.26. The summed E-state index contributed by atoms with van der Waals surface area (Å²) in [6, 6.07) is 7.84. The summed E-state index contributed by atoms with van der Waals surface area (Å²) in [5, 5.41) is 20.4. The molecule has 0 aromatic heterocycles. The van der Waals surface area contributed by atoms with Crippen LogP contribution in [0.3, 0.4) is 0 Å². The minimum atomic E-state index is -1.10. The van der Waals surface area contributed by atoms with E-state index >= 15 is 0 Å². The number of nitriles is 1. The van der Waals surface area contributed by atoms with Crippen LogP contribution in [0.15, 0.2) is 24.3 Å². The summed E-state index contributed by atoms with van der Waals surface area (Å²) in [6.07, 6.45) is 0. The molecule has 1 rings (SSSR count). The number of hydrogen-bond donors (Lipinski definition) is 2. The van der Waals surface area contributed by atoms with E-state index in [1.165, 1.54) is 17.0 Å². The maximum absolute atomic E-state index is 12.1. The van der Waals surface area contributed by atoms with Gasteiger partial charge in [0.1, 0.15) is 0 Å². The Bertz CT molecular complexity index is 537. The fraction of sp³-hybridized carbons (Fsp3) is 0.357. The number of carboxylic acid groups (broad SMARTS) is 1. The van der Waals surface area contributed by atoms with Crippen LogP contribution in [0.5, 0.6) is 0 Å². The lowest BCUT2D eigenvalue weighted by Crippen LogP contribution is -2.37. The normalized spacial score (nSPS) is 11.2. The fourth-order valence-electron chi connectivity index (χ4n) is 1.70. The molecule has 6 nitrogen and oxygen atoms in total. The molecule has 6 heteroatoms. The smallest absolute Gasteiger partial charge is 0.337 e. The highest BCUT2D eigenvalue weighted by Crippen LogP contribution is 2.15. The van der Waals surface area contributed by atoms with Crippen molar-refractivity contribution in [3.63, 3.8) is 0 Å². The number of amides is 2. The van der Waals surface area contributed by atoms with Crippen molar-refractivity contribution in [2.45, 2.75) is 13.8 Å². The molecule has 0 bridgehead atoms. The topological polar surface area (TPSA) is 93.4 Å². The van der Waals surface area contributed by atoms with Gasteiger partial charge in [0.15, 0.2) is 0 Å². The Morgan fingerprint density at radius 1 is 1.45 bits per heavy atom. The van der Waals surface area contributed by atoms with E-state index in [0.29, 0.717) is 13.1 Å². The summed E-state index contributed by atoms with van der Waals surface area (Å²) in [5.41, 5.74) is 0.276. The van der Waals surface area contributed by atoms with Gasteiger partial charge in [-0.1, -0.05) is 12.1 Å². The molecule has 0 radical (unpaired) electrons. The Balaban J connectivity index is 2.84. The number of aromatic carboxylic acids is 1. The number of carbonyl (C=O) groups is 2. The molecule has 0 aliphatic carbocycles. The Morgan fingerprint density at radius 2 is 2.10 bits per heavy atom. The first kappa shape index (κ1) is 15.5. The SMILES string of the molecule is CCN(CC(C)C#N)C(=O)Nc1ccccc1C(=O)O. The summed E-state index contributed by atoms with van der Waals surface area (Å²) >= 11 is 0. The van der Waals surface area contributed by atoms with Crippen LogP contribution in [0.4, 0.5) is 10.5 Å². The number of hydrogen-bond acceptors (Lipinski definition) is 3. The molecular formula is C14H17N3O3. The summed E-state index contributed by atoms with van der Waals surface area (Å²) in [4.78, 5) is 24.6. The molecule has 0 spiro atoms. The predicted octanol–water partition coefficient (Wildman–Crippen LogP) is 2.40. The van der Waals surface area contributed by atoms with Crippen LogP contribution in [0.2, 0.25) is 0 Å². The zero-order valence-corrected chi connectivity index (χ0v) is 11.5. The highest BCUT2D eigenvalue weighted by atomic mass is 16.4. The third-order valence-corrected chi connectivity index (χ3v) is 2.78. The summed E-state index contributed by atoms with van der Waals surface area (Å²) in [7, 11) is 0. The molecular weight excluding hydrogens is 258 g/mol. The Labute approximate surface area is 117 Å². The third kappa shape index (κ3) is 3.99. The summed E-state index contributed by atoms with van der Waals surface area (Å²) in [5.74, 6) is -1.38. The van der Waals surface area contributed by atoms with Gasteiger partial charge in [-0.15, -0.1) is 0 Å². The molecule has 0 saturated carbocycles. The minimum Gasteiger partial charge on any atom is -0.478 e. The predicted molar refractivity (Wildman–Crippen MR) is 74.4 cm³/mol. The largest absolute Gasteiger partial charge is 0.478 e. The van der Waals surface area contributed by atoms with Crippen LogP contribution in [0, 0.1) is 17.2 Å². The molecule has 0 aliphatic heterocycles. The highest BCUT2D eigenvalue weighted by molar-refractivity contribution is 5.99. The van der Waals surface area contributed by atoms with Crippen molar-refractivity contribution in [1.29, 1.82) is 5.26 Å². The number of anilines is 1. The third-order valence-electron chi connectivity index (χ3n) is 2.78. The lowest BCUT2D eigenvalue weighted by Gasteiger charge is -2.22. The van der Waals surface area contributed by atoms with Crippen molar-refractivity contribution in [3.05, 3.63) is 29.8 Å². The number of rotatable bonds is 5. The minimum absolute atomic E-state index is 0.0326. The molecule has 2 N–H and O–H groups in total. The van der Waals surface area contributed by atoms with Gasteiger partial charge >= 0.3 is 12.0 Å². The van der Waals surface area contributed by atoms with Crippen LogP contribution in [-0.4, -0.2) is 35.1 Å². The number of nitrogens with one attached hydrogen (secondary N) is 1. The van der Waals surface area contributed by atoms with E-state index in [4.69, 9.17) is 10.4 Å². The molecule has 0 fully saturated rings. The van der Waals surface area contributed by atoms with E-state index in [2.05, 4.69) is 11.4 Å². The molecule has 20 heavy (non-hydrogen) atoms. The molecule has 1 unspecified atom stereocenters. The standard InChI is InChI=1S/C14H17N3O3/c1-3-17(9-10(2)8-15)14(20)16-12-7-5-4-6-11(12)13(18)19/h4-7,10H,3,9H2,1-2H3,(H,16,20)(H,18,19). The molecule has 1 atom stereocenters. The second-order valence-electron chi connectivity index (χ2n) is 4.35. The van der Waals surface area contributed by atoms with Gasteiger partial charge in [-0.05, 0) is 26.0 Å². The van der Waals surface area contributed by atoms with Crippen LogP contribution in [0.1, 0.15) is 24.2 Å². The molecule has 0 heterocycles. The number of carbonyl (C=O) groups excluding carboxylic acids is 1. The van der Waals surface area contributed by atoms with E-state index < -0.39 is 12.0 Å². The van der Waals surface area contributed by atoms with E-state index in [9.17, 15) is 9.59 Å². The van der Waals surface area contributed by atoms with E-state index in [0.717, 1.165) is 0 Å². The fourth-order valence-corrected chi connectivity index (χ4v) is 1.70. The van der Waals surface area contributed by atoms with Gasteiger partial charge in [0.05, 0.1) is 23.2 Å².